The van der Waals surface area contributed by atoms with Crippen molar-refractivity contribution in [3.05, 3.63) is 112 Å². The highest BCUT2D eigenvalue weighted by molar-refractivity contribution is 9.10. The SMILES string of the molecule is COC12C=CC(=O)C(=C1)Oc1ccc(cc1Br)CCc1cccc(c1)Oc1ccc(cc1)CC2. The lowest BCUT2D eigenvalue weighted by molar-refractivity contribution is -0.113. The summed E-state index contributed by atoms with van der Waals surface area (Å²) in [5.41, 5.74) is 2.82. The molecule has 172 valence electrons. The fourth-order valence-electron chi connectivity index (χ4n) is 4.26. The molecule has 4 heterocycles. The van der Waals surface area contributed by atoms with Crippen molar-refractivity contribution in [3.8, 4) is 17.2 Å². The van der Waals surface area contributed by atoms with Gasteiger partial charge in [0.1, 0.15) is 22.8 Å². The zero-order chi connectivity index (χ0) is 23.5. The van der Waals surface area contributed by atoms with Gasteiger partial charge in [0, 0.05) is 7.11 Å². The fraction of sp³-hybridized carbons (Fsp3) is 0.207. The second kappa shape index (κ2) is 9.61. The molecule has 3 aromatic rings. The van der Waals surface area contributed by atoms with Gasteiger partial charge in [0.2, 0.25) is 5.78 Å². The van der Waals surface area contributed by atoms with Gasteiger partial charge in [0.15, 0.2) is 5.76 Å². The Labute approximate surface area is 208 Å². The van der Waals surface area contributed by atoms with E-state index in [-0.39, 0.29) is 11.5 Å². The van der Waals surface area contributed by atoms with Crippen LogP contribution in [0, 0.1) is 0 Å². The second-order valence-electron chi connectivity index (χ2n) is 8.63. The predicted molar refractivity (Wildman–Crippen MR) is 135 cm³/mol. The summed E-state index contributed by atoms with van der Waals surface area (Å²) in [7, 11) is 1.66. The number of ether oxygens (including phenoxy) is 3. The van der Waals surface area contributed by atoms with Crippen molar-refractivity contribution in [2.24, 2.45) is 0 Å². The van der Waals surface area contributed by atoms with Gasteiger partial charge in [0.05, 0.1) is 4.47 Å². The van der Waals surface area contributed by atoms with E-state index >= 15 is 0 Å². The number of aryl methyl sites for hydroxylation is 3. The van der Waals surface area contributed by atoms with Crippen LogP contribution in [0.3, 0.4) is 0 Å². The maximum atomic E-state index is 12.6. The van der Waals surface area contributed by atoms with E-state index in [0.717, 1.165) is 40.8 Å². The van der Waals surface area contributed by atoms with Gasteiger partial charge in [-0.2, -0.15) is 0 Å². The van der Waals surface area contributed by atoms with Gasteiger partial charge in [-0.1, -0.05) is 30.3 Å². The van der Waals surface area contributed by atoms with Crippen LogP contribution in [0.4, 0.5) is 0 Å². The molecule has 1 atom stereocenters. The first-order valence-corrected chi connectivity index (χ1v) is 12.1. The van der Waals surface area contributed by atoms with E-state index in [0.29, 0.717) is 12.2 Å². The maximum Gasteiger partial charge on any atom is 0.220 e. The summed E-state index contributed by atoms with van der Waals surface area (Å²) in [6.45, 7) is 0. The first kappa shape index (κ1) is 22.6. The molecular weight excluding hydrogens is 492 g/mol. The predicted octanol–water partition coefficient (Wildman–Crippen LogP) is 6.76. The Morgan fingerprint density at radius 2 is 1.62 bits per heavy atom. The zero-order valence-electron chi connectivity index (χ0n) is 18.9. The number of hydrogen-bond donors (Lipinski definition) is 0. The van der Waals surface area contributed by atoms with Gasteiger partial charge in [0.25, 0.3) is 0 Å². The molecule has 4 aliphatic heterocycles. The fourth-order valence-corrected chi connectivity index (χ4v) is 4.77. The molecule has 0 saturated carbocycles. The molecule has 0 N–H and O–H groups in total. The van der Waals surface area contributed by atoms with Crippen molar-refractivity contribution in [3.63, 3.8) is 0 Å². The Bertz CT molecular complexity index is 1280. The Balaban J connectivity index is 1.51. The summed E-state index contributed by atoms with van der Waals surface area (Å²) in [5, 5.41) is 0. The van der Waals surface area contributed by atoms with E-state index in [4.69, 9.17) is 14.2 Å². The molecule has 0 fully saturated rings. The highest BCUT2D eigenvalue weighted by Gasteiger charge is 2.31. The number of benzene rings is 3. The molecule has 5 heteroatoms. The van der Waals surface area contributed by atoms with Gasteiger partial charge in [-0.3, -0.25) is 4.79 Å². The smallest absolute Gasteiger partial charge is 0.220 e. The molecule has 0 saturated heterocycles. The number of rotatable bonds is 1. The minimum Gasteiger partial charge on any atom is -0.457 e. The van der Waals surface area contributed by atoms with E-state index < -0.39 is 5.60 Å². The Hall–Kier alpha value is -3.15. The molecule has 1 unspecified atom stereocenters. The number of carbonyl (C=O) groups is 1. The standard InChI is InChI=1S/C29H25BrO4/c1-32-29-15-13-20-7-10-23(11-8-20)33-24-4-2-3-21(17-24)5-6-22-9-12-27(25(30)18-22)34-28(19-29)26(31)14-16-29/h2-4,7-12,14,16-19H,5-6,13,15H2,1H3. The highest BCUT2D eigenvalue weighted by Crippen LogP contribution is 2.33. The van der Waals surface area contributed by atoms with Gasteiger partial charge in [-0.25, -0.2) is 0 Å². The molecule has 4 nitrogen and oxygen atoms in total. The van der Waals surface area contributed by atoms with Crippen molar-refractivity contribution >= 4 is 21.7 Å². The summed E-state index contributed by atoms with van der Waals surface area (Å²) >= 11 is 3.62. The molecular formula is C29H25BrO4. The van der Waals surface area contributed by atoms with E-state index in [2.05, 4.69) is 40.2 Å². The molecule has 0 aromatic heterocycles. The first-order valence-electron chi connectivity index (χ1n) is 11.4. The van der Waals surface area contributed by atoms with Crippen molar-refractivity contribution in [2.75, 3.05) is 7.11 Å². The number of ketones is 1. The monoisotopic (exact) mass is 516 g/mol. The van der Waals surface area contributed by atoms with Crippen LogP contribution in [0.2, 0.25) is 0 Å². The minimum atomic E-state index is -0.716. The molecule has 3 aromatic carbocycles. The summed E-state index contributed by atoms with van der Waals surface area (Å²) in [5.74, 6) is 2.33. The molecule has 34 heavy (non-hydrogen) atoms. The molecule has 1 aliphatic carbocycles. The van der Waals surface area contributed by atoms with E-state index in [1.165, 1.54) is 17.2 Å². The first-order chi connectivity index (χ1) is 16.5. The Morgan fingerprint density at radius 1 is 0.853 bits per heavy atom. The molecule has 0 amide bonds. The molecule has 5 aliphatic rings. The summed E-state index contributed by atoms with van der Waals surface area (Å²) in [4.78, 5) is 12.6. The average Bonchev–Trinajstić information content (AvgIpc) is 2.85. The number of methoxy groups -OCH3 is 1. The topological polar surface area (TPSA) is 44.8 Å². The van der Waals surface area contributed by atoms with Gasteiger partial charge < -0.3 is 14.2 Å². The number of carbonyl (C=O) groups excluding carboxylic acids is 1. The Morgan fingerprint density at radius 3 is 2.38 bits per heavy atom. The third kappa shape index (κ3) is 5.01. The van der Waals surface area contributed by atoms with E-state index in [9.17, 15) is 4.79 Å². The quantitative estimate of drug-likeness (QED) is 0.358. The normalized spacial score (nSPS) is 19.8. The third-order valence-electron chi connectivity index (χ3n) is 6.30. The van der Waals surface area contributed by atoms with Gasteiger partial charge in [-0.05, 0) is 113 Å². The number of halogens is 1. The van der Waals surface area contributed by atoms with Crippen LogP contribution in [0.1, 0.15) is 23.1 Å². The zero-order valence-corrected chi connectivity index (χ0v) is 20.5. The third-order valence-corrected chi connectivity index (χ3v) is 6.92. The minimum absolute atomic E-state index is 0.174. The van der Waals surface area contributed by atoms with Crippen molar-refractivity contribution in [1.82, 2.24) is 0 Å². The lowest BCUT2D eigenvalue weighted by Gasteiger charge is -2.29. The van der Waals surface area contributed by atoms with Crippen LogP contribution in [-0.4, -0.2) is 18.5 Å². The van der Waals surface area contributed by atoms with Crippen LogP contribution in [-0.2, 0) is 28.8 Å². The van der Waals surface area contributed by atoms with Crippen LogP contribution < -0.4 is 9.47 Å². The molecule has 8 rings (SSSR count). The van der Waals surface area contributed by atoms with Crippen LogP contribution in [0.25, 0.3) is 0 Å². The van der Waals surface area contributed by atoms with Crippen LogP contribution in [0.5, 0.6) is 17.2 Å². The van der Waals surface area contributed by atoms with Crippen LogP contribution >= 0.6 is 15.9 Å². The van der Waals surface area contributed by atoms with Crippen molar-refractivity contribution in [1.29, 1.82) is 0 Å². The lowest BCUT2D eigenvalue weighted by atomic mass is 9.89. The molecule has 0 radical (unpaired) electrons. The summed E-state index contributed by atoms with van der Waals surface area (Å²) in [6.07, 6.45) is 8.33. The van der Waals surface area contributed by atoms with Gasteiger partial charge >= 0.3 is 0 Å². The molecule has 8 bridgehead atoms. The number of allylic oxidation sites excluding steroid dienone is 1. The van der Waals surface area contributed by atoms with Crippen LogP contribution in [0.15, 0.2) is 95.2 Å². The van der Waals surface area contributed by atoms with Crippen molar-refractivity contribution in [2.45, 2.75) is 31.3 Å². The highest BCUT2D eigenvalue weighted by atomic mass is 79.9. The molecule has 0 spiro atoms. The lowest BCUT2D eigenvalue weighted by Crippen LogP contribution is -2.32. The Kier molecular flexibility index (Phi) is 6.40. The largest absolute Gasteiger partial charge is 0.457 e. The number of hydrogen-bond acceptors (Lipinski definition) is 4. The maximum absolute atomic E-state index is 12.6. The second-order valence-corrected chi connectivity index (χ2v) is 9.48. The van der Waals surface area contributed by atoms with E-state index in [1.807, 2.05) is 48.5 Å². The van der Waals surface area contributed by atoms with Gasteiger partial charge in [-0.15, -0.1) is 0 Å². The van der Waals surface area contributed by atoms with Crippen molar-refractivity contribution < 1.29 is 19.0 Å². The van der Waals surface area contributed by atoms with E-state index in [1.54, 1.807) is 13.2 Å². The summed E-state index contributed by atoms with van der Waals surface area (Å²) in [6, 6.07) is 22.3. The summed E-state index contributed by atoms with van der Waals surface area (Å²) < 4.78 is 18.8. The average molecular weight is 517 g/mol.